The van der Waals surface area contributed by atoms with Crippen LogP contribution in [0.25, 0.3) is 0 Å². The molecule has 2 unspecified atom stereocenters. The van der Waals surface area contributed by atoms with Crippen LogP contribution in [0.1, 0.15) is 22.2 Å². The normalized spacial score (nSPS) is 13.4. The fourth-order valence-corrected chi connectivity index (χ4v) is 1.28. The predicted octanol–water partition coefficient (Wildman–Crippen LogP) is -3.09. The first-order valence-electron chi connectivity index (χ1n) is 5.71. The van der Waals surface area contributed by atoms with Crippen LogP contribution in [0.15, 0.2) is 25.3 Å². The van der Waals surface area contributed by atoms with Crippen molar-refractivity contribution < 1.29 is 63.4 Å². The van der Waals surface area contributed by atoms with Crippen molar-refractivity contribution >= 4 is 21.9 Å². The molecule has 0 aliphatic heterocycles. The maximum absolute atomic E-state index is 11.0. The molecule has 0 saturated heterocycles. The average molecular weight is 347 g/mol. The van der Waals surface area contributed by atoms with Gasteiger partial charge in [-0.05, 0) is 26.8 Å². The third-order valence-corrected chi connectivity index (χ3v) is 3.96. The van der Waals surface area contributed by atoms with Gasteiger partial charge in [0.05, 0.1) is 6.04 Å². The molecule has 124 valence electrons. The zero-order chi connectivity index (χ0) is 17.4. The first-order chi connectivity index (χ1) is 9.31. The van der Waals surface area contributed by atoms with Gasteiger partial charge in [0, 0.05) is 6.08 Å². The predicted molar refractivity (Wildman–Crippen MR) is 77.9 cm³/mol. The molecule has 0 aromatic carbocycles. The van der Waals surface area contributed by atoms with Crippen LogP contribution >= 0.6 is 0 Å². The smallest absolute Gasteiger partial charge is 1.00 e. The summed E-state index contributed by atoms with van der Waals surface area (Å²) in [5.41, 5.74) is 5.33. The van der Waals surface area contributed by atoms with E-state index in [4.69, 9.17) is 15.4 Å². The number of carbonyl (C=O) groups is 2. The van der Waals surface area contributed by atoms with Crippen molar-refractivity contribution in [3.63, 3.8) is 0 Å². The van der Waals surface area contributed by atoms with E-state index in [9.17, 15) is 18.0 Å². The Kier molecular flexibility index (Phi) is 13.2. The first kappa shape index (κ1) is 26.4. The second-order valence-electron chi connectivity index (χ2n) is 4.40. The van der Waals surface area contributed by atoms with Crippen molar-refractivity contribution in [3.05, 3.63) is 25.3 Å². The van der Waals surface area contributed by atoms with E-state index < -0.39 is 38.9 Å². The minimum atomic E-state index is -4.35. The maximum atomic E-state index is 11.0. The van der Waals surface area contributed by atoms with Gasteiger partial charge in [-0.25, -0.2) is 4.79 Å². The number of esters is 1. The molecule has 0 aliphatic rings. The Bertz CT molecular complexity index is 506. The second-order valence-corrected chi connectivity index (χ2v) is 6.41. The molecule has 0 saturated carbocycles. The Morgan fingerprint density at radius 2 is 1.73 bits per heavy atom. The van der Waals surface area contributed by atoms with E-state index in [2.05, 4.69) is 17.9 Å². The van der Waals surface area contributed by atoms with Crippen LogP contribution in [0.4, 0.5) is 0 Å². The van der Waals surface area contributed by atoms with Crippen LogP contribution < -0.4 is 35.3 Å². The SMILES string of the molecule is C=CC(=O)C(N)C(C)(C)S(=O)(=O)O.C=CC(=O)OC(C)O.[H-].[Na+]. The monoisotopic (exact) mass is 347 g/mol. The molecule has 0 bridgehead atoms. The molecule has 0 fully saturated rings. The zero-order valence-corrected chi connectivity index (χ0v) is 16.0. The molecule has 2 atom stereocenters. The van der Waals surface area contributed by atoms with Crippen molar-refractivity contribution in [2.24, 2.45) is 5.73 Å². The van der Waals surface area contributed by atoms with E-state index in [1.54, 1.807) is 0 Å². The fourth-order valence-electron chi connectivity index (χ4n) is 0.846. The first-order valence-corrected chi connectivity index (χ1v) is 7.15. The van der Waals surface area contributed by atoms with Gasteiger partial charge < -0.3 is 17.0 Å². The summed E-state index contributed by atoms with van der Waals surface area (Å²) in [7, 11) is -4.35. The van der Waals surface area contributed by atoms with Crippen LogP contribution in [-0.2, 0) is 24.4 Å². The fraction of sp³-hybridized carbons (Fsp3) is 0.500. The zero-order valence-electron chi connectivity index (χ0n) is 14.1. The summed E-state index contributed by atoms with van der Waals surface area (Å²) >= 11 is 0. The van der Waals surface area contributed by atoms with Crippen LogP contribution in [0, 0.1) is 0 Å². The molecule has 0 aromatic heterocycles. The van der Waals surface area contributed by atoms with Crippen LogP contribution in [0.3, 0.4) is 0 Å². The quantitative estimate of drug-likeness (QED) is 0.151. The Labute approximate surface area is 153 Å². The van der Waals surface area contributed by atoms with Crippen LogP contribution in [0.2, 0.25) is 0 Å². The molecule has 0 heterocycles. The standard InChI is InChI=1S/C7H13NO4S.C5H8O3.Na.H/c1-4-5(9)6(8)7(2,3)13(10,11)12;1-3-5(7)8-4(2)6;;/h4,6H,1,8H2,2-3H3,(H,10,11,12);3-4,6H,1H2,2H3;;/q;;+1;-1. The molecule has 4 N–H and O–H groups in total. The van der Waals surface area contributed by atoms with Gasteiger partial charge in [0.15, 0.2) is 12.1 Å². The third-order valence-electron chi connectivity index (χ3n) is 2.37. The maximum Gasteiger partial charge on any atom is 1.00 e. The molecule has 0 spiro atoms. The molecule has 0 aromatic rings. The van der Waals surface area contributed by atoms with E-state index in [-0.39, 0.29) is 31.0 Å². The second kappa shape index (κ2) is 11.1. The molecule has 8 nitrogen and oxygen atoms in total. The summed E-state index contributed by atoms with van der Waals surface area (Å²) in [6.45, 7) is 10.00. The number of ketones is 1. The van der Waals surface area contributed by atoms with Gasteiger partial charge in [0.2, 0.25) is 0 Å². The molecule has 0 aliphatic carbocycles. The molecule has 22 heavy (non-hydrogen) atoms. The van der Waals surface area contributed by atoms with Gasteiger partial charge in [-0.1, -0.05) is 13.2 Å². The van der Waals surface area contributed by atoms with E-state index >= 15 is 0 Å². The molecule has 0 radical (unpaired) electrons. The summed E-state index contributed by atoms with van der Waals surface area (Å²) in [6, 6.07) is -1.31. The van der Waals surface area contributed by atoms with Gasteiger partial charge in [0.25, 0.3) is 10.1 Å². The summed E-state index contributed by atoms with van der Waals surface area (Å²) in [6.07, 6.45) is 0.880. The number of ether oxygens (including phenoxy) is 1. The van der Waals surface area contributed by atoms with Gasteiger partial charge >= 0.3 is 35.5 Å². The van der Waals surface area contributed by atoms with E-state index in [0.717, 1.165) is 12.2 Å². The van der Waals surface area contributed by atoms with Crippen molar-refractivity contribution in [1.82, 2.24) is 0 Å². The van der Waals surface area contributed by atoms with Crippen molar-refractivity contribution in [3.8, 4) is 0 Å². The number of hydrogen-bond donors (Lipinski definition) is 3. The Balaban J connectivity index is -0.000000158. The van der Waals surface area contributed by atoms with Crippen molar-refractivity contribution in [2.45, 2.75) is 37.9 Å². The van der Waals surface area contributed by atoms with Gasteiger partial charge in [0.1, 0.15) is 4.75 Å². The largest absolute Gasteiger partial charge is 1.00 e. The summed E-state index contributed by atoms with van der Waals surface area (Å²) in [5.74, 6) is -1.23. The molecule has 10 heteroatoms. The molecular weight excluding hydrogens is 325 g/mol. The Morgan fingerprint density at radius 3 is 1.91 bits per heavy atom. The number of hydrogen-bond acceptors (Lipinski definition) is 7. The molecule has 0 amide bonds. The topological polar surface area (TPSA) is 144 Å². The van der Waals surface area contributed by atoms with E-state index in [1.165, 1.54) is 20.8 Å². The Hall–Kier alpha value is -0.550. The number of aliphatic hydroxyl groups is 1. The minimum Gasteiger partial charge on any atom is -1.00 e. The van der Waals surface area contributed by atoms with Crippen molar-refractivity contribution in [2.75, 3.05) is 0 Å². The van der Waals surface area contributed by atoms with Gasteiger partial charge in [-0.3, -0.25) is 9.35 Å². The summed E-state index contributed by atoms with van der Waals surface area (Å²) in [5, 5.41) is 8.36. The molecular formula is C12H22NNaO7S. The van der Waals surface area contributed by atoms with Gasteiger partial charge in [-0.15, -0.1) is 0 Å². The van der Waals surface area contributed by atoms with E-state index in [0.29, 0.717) is 0 Å². The summed E-state index contributed by atoms with van der Waals surface area (Å²) in [4.78, 5) is 21.1. The van der Waals surface area contributed by atoms with Crippen LogP contribution in [0.5, 0.6) is 0 Å². The average Bonchev–Trinajstić information content (AvgIpc) is 2.35. The van der Waals surface area contributed by atoms with Crippen molar-refractivity contribution in [1.29, 1.82) is 0 Å². The number of nitrogens with two attached hydrogens (primary N) is 1. The minimum absolute atomic E-state index is 0. The molecule has 0 rings (SSSR count). The number of rotatable bonds is 6. The van der Waals surface area contributed by atoms with Crippen LogP contribution in [-0.4, -0.2) is 46.9 Å². The van der Waals surface area contributed by atoms with E-state index in [1.807, 2.05) is 0 Å². The van der Waals surface area contributed by atoms with Gasteiger partial charge in [-0.2, -0.15) is 8.42 Å². The number of aliphatic hydroxyl groups excluding tert-OH is 1. The third kappa shape index (κ3) is 9.46. The Morgan fingerprint density at radius 1 is 1.32 bits per heavy atom. The summed E-state index contributed by atoms with van der Waals surface area (Å²) < 4.78 is 32.9. The number of carbonyl (C=O) groups excluding carboxylic acids is 2.